The van der Waals surface area contributed by atoms with Crippen molar-refractivity contribution in [2.75, 3.05) is 20.3 Å². The van der Waals surface area contributed by atoms with Crippen LogP contribution in [0, 0.1) is 0 Å². The standard InChI is InChI=1S/C22H24ClNO4.CH4O/c23-18-4-3-15(20-10-19(26)22(27)21(12-25)28-20)9-16(18)7-13-1-2-14-5-6-24-11-17(14)8-13;1-2/h1-4,8-9,19-21,24-26H,5-7,10-12H2;2H,1H3. The first-order valence-corrected chi connectivity index (χ1v) is 10.5. The van der Waals surface area contributed by atoms with Gasteiger partial charge in [0.15, 0.2) is 5.78 Å². The molecule has 0 aromatic heterocycles. The van der Waals surface area contributed by atoms with Gasteiger partial charge in [0.2, 0.25) is 0 Å². The molecule has 4 rings (SSSR count). The average Bonchev–Trinajstić information content (AvgIpc) is 2.78. The first-order valence-electron chi connectivity index (χ1n) is 10.1. The van der Waals surface area contributed by atoms with Crippen LogP contribution in [0.3, 0.4) is 0 Å². The molecule has 1 fully saturated rings. The first kappa shape index (κ1) is 22.9. The summed E-state index contributed by atoms with van der Waals surface area (Å²) in [6.45, 7) is 1.47. The smallest absolute Gasteiger partial charge is 0.192 e. The summed E-state index contributed by atoms with van der Waals surface area (Å²) in [4.78, 5) is 11.9. The Balaban J connectivity index is 0.00000124. The predicted molar refractivity (Wildman–Crippen MR) is 115 cm³/mol. The van der Waals surface area contributed by atoms with Gasteiger partial charge in [-0.2, -0.15) is 0 Å². The topological polar surface area (TPSA) is 99.0 Å². The Kier molecular flexibility index (Phi) is 7.99. The maximum atomic E-state index is 11.9. The largest absolute Gasteiger partial charge is 0.400 e. The lowest BCUT2D eigenvalue weighted by Crippen LogP contribution is -2.43. The van der Waals surface area contributed by atoms with Gasteiger partial charge in [-0.15, -0.1) is 0 Å². The van der Waals surface area contributed by atoms with Crippen LogP contribution in [0.15, 0.2) is 36.4 Å². The number of ether oxygens (including phenoxy) is 1. The van der Waals surface area contributed by atoms with Crippen LogP contribution in [0.1, 0.15) is 40.3 Å². The van der Waals surface area contributed by atoms with Gasteiger partial charge in [0, 0.05) is 25.1 Å². The van der Waals surface area contributed by atoms with Crippen LogP contribution in [0.5, 0.6) is 0 Å². The molecular weight excluding hydrogens is 406 g/mol. The molecule has 1 saturated heterocycles. The number of aliphatic hydroxyl groups excluding tert-OH is 3. The van der Waals surface area contributed by atoms with Gasteiger partial charge < -0.3 is 25.4 Å². The number of aliphatic hydroxyl groups is 3. The molecule has 3 unspecified atom stereocenters. The summed E-state index contributed by atoms with van der Waals surface area (Å²) >= 11 is 6.44. The van der Waals surface area contributed by atoms with Gasteiger partial charge in [0.05, 0.1) is 12.7 Å². The summed E-state index contributed by atoms with van der Waals surface area (Å²) in [5, 5.41) is 30.4. The molecule has 3 atom stereocenters. The molecule has 0 bridgehead atoms. The molecule has 7 heteroatoms. The van der Waals surface area contributed by atoms with Crippen LogP contribution in [0.2, 0.25) is 5.02 Å². The number of ketones is 1. The lowest BCUT2D eigenvalue weighted by Gasteiger charge is -2.31. The van der Waals surface area contributed by atoms with Crippen molar-refractivity contribution in [1.82, 2.24) is 5.32 Å². The van der Waals surface area contributed by atoms with Gasteiger partial charge in [-0.25, -0.2) is 0 Å². The zero-order chi connectivity index (χ0) is 21.7. The molecule has 4 N–H and O–H groups in total. The van der Waals surface area contributed by atoms with E-state index in [1.54, 1.807) is 0 Å². The predicted octanol–water partition coefficient (Wildman–Crippen LogP) is 1.94. The maximum Gasteiger partial charge on any atom is 0.192 e. The Hall–Kier alpha value is -1.80. The van der Waals surface area contributed by atoms with E-state index in [0.29, 0.717) is 11.4 Å². The van der Waals surface area contributed by atoms with E-state index in [4.69, 9.17) is 21.4 Å². The fourth-order valence-electron chi connectivity index (χ4n) is 4.00. The zero-order valence-electron chi connectivity index (χ0n) is 17.0. The van der Waals surface area contributed by atoms with Crippen LogP contribution in [0.4, 0.5) is 0 Å². The van der Waals surface area contributed by atoms with E-state index in [1.807, 2.05) is 18.2 Å². The summed E-state index contributed by atoms with van der Waals surface area (Å²) in [7, 11) is 1.00. The second-order valence-corrected chi connectivity index (χ2v) is 7.91. The van der Waals surface area contributed by atoms with Crippen molar-refractivity contribution in [1.29, 1.82) is 0 Å². The van der Waals surface area contributed by atoms with Gasteiger partial charge >= 0.3 is 0 Å². The number of carbonyl (C=O) groups excluding carboxylic acids is 1. The first-order chi connectivity index (χ1) is 14.5. The molecule has 0 amide bonds. The molecule has 2 heterocycles. The minimum atomic E-state index is -1.12. The lowest BCUT2D eigenvalue weighted by atomic mass is 9.92. The fraction of sp³-hybridized carbons (Fsp3) is 0.435. The van der Waals surface area contributed by atoms with Crippen molar-refractivity contribution in [2.45, 2.75) is 44.1 Å². The third-order valence-corrected chi connectivity index (χ3v) is 5.94. The van der Waals surface area contributed by atoms with E-state index in [9.17, 15) is 15.0 Å². The molecule has 2 aromatic rings. The van der Waals surface area contributed by atoms with Gasteiger partial charge in [-0.05, 0) is 53.3 Å². The Morgan fingerprint density at radius 2 is 1.97 bits per heavy atom. The third kappa shape index (κ3) is 5.09. The minimum Gasteiger partial charge on any atom is -0.400 e. The quantitative estimate of drug-likeness (QED) is 0.588. The molecule has 2 aliphatic rings. The van der Waals surface area contributed by atoms with Gasteiger partial charge in [0.25, 0.3) is 0 Å². The Bertz CT molecular complexity index is 888. The molecule has 2 aliphatic heterocycles. The van der Waals surface area contributed by atoms with Crippen molar-refractivity contribution in [3.8, 4) is 0 Å². The highest BCUT2D eigenvalue weighted by molar-refractivity contribution is 6.31. The van der Waals surface area contributed by atoms with Gasteiger partial charge in [0.1, 0.15) is 12.2 Å². The molecule has 0 saturated carbocycles. The highest BCUT2D eigenvalue weighted by atomic mass is 35.5. The summed E-state index contributed by atoms with van der Waals surface area (Å²) in [6.07, 6.45) is -0.631. The number of rotatable bonds is 4. The maximum absolute atomic E-state index is 11.9. The Labute approximate surface area is 181 Å². The molecule has 162 valence electrons. The number of nitrogens with one attached hydrogen (secondary N) is 1. The number of Topliss-reactive ketones (excluding diaryl/α,β-unsaturated/α-hetero) is 1. The number of carbonyl (C=O) groups is 1. The number of fused-ring (bicyclic) bond motifs is 1. The van der Waals surface area contributed by atoms with Crippen LogP contribution in [-0.4, -0.2) is 53.6 Å². The summed E-state index contributed by atoms with van der Waals surface area (Å²) in [5.41, 5.74) is 5.74. The highest BCUT2D eigenvalue weighted by Crippen LogP contribution is 2.33. The van der Waals surface area contributed by atoms with Crippen molar-refractivity contribution < 1.29 is 24.9 Å². The van der Waals surface area contributed by atoms with E-state index < -0.39 is 30.7 Å². The van der Waals surface area contributed by atoms with Crippen LogP contribution < -0.4 is 5.32 Å². The van der Waals surface area contributed by atoms with Crippen molar-refractivity contribution in [2.24, 2.45) is 0 Å². The molecule has 0 radical (unpaired) electrons. The second kappa shape index (κ2) is 10.5. The average molecular weight is 434 g/mol. The van der Waals surface area contributed by atoms with E-state index in [0.717, 1.165) is 37.7 Å². The molecular formula is C23H28ClNO5. The lowest BCUT2D eigenvalue weighted by molar-refractivity contribution is -0.161. The Morgan fingerprint density at radius 3 is 2.73 bits per heavy atom. The molecule has 0 aliphatic carbocycles. The van der Waals surface area contributed by atoms with Crippen LogP contribution in [0.25, 0.3) is 0 Å². The van der Waals surface area contributed by atoms with Crippen molar-refractivity contribution in [3.63, 3.8) is 0 Å². The normalized spacial score (nSPS) is 23.4. The number of hydrogen-bond acceptors (Lipinski definition) is 6. The SMILES string of the molecule is CO.O=C1C(O)CC(c2ccc(Cl)c(Cc3ccc4c(c3)CNCC4)c2)OC1CO. The van der Waals surface area contributed by atoms with E-state index in [1.165, 1.54) is 16.7 Å². The Morgan fingerprint density at radius 1 is 1.17 bits per heavy atom. The van der Waals surface area contributed by atoms with E-state index >= 15 is 0 Å². The summed E-state index contributed by atoms with van der Waals surface area (Å²) < 4.78 is 5.71. The van der Waals surface area contributed by atoms with Gasteiger partial charge in [-0.3, -0.25) is 4.79 Å². The number of halogens is 1. The van der Waals surface area contributed by atoms with Crippen molar-refractivity contribution in [3.05, 3.63) is 69.2 Å². The summed E-state index contributed by atoms with van der Waals surface area (Å²) in [6, 6.07) is 12.2. The number of hydrogen-bond donors (Lipinski definition) is 4. The summed E-state index contributed by atoms with van der Waals surface area (Å²) in [5.74, 6) is -0.462. The molecule has 2 aromatic carbocycles. The minimum absolute atomic E-state index is 0.181. The second-order valence-electron chi connectivity index (χ2n) is 7.51. The molecule has 30 heavy (non-hydrogen) atoms. The van der Waals surface area contributed by atoms with Crippen LogP contribution in [-0.2, 0) is 28.9 Å². The third-order valence-electron chi connectivity index (χ3n) is 5.57. The van der Waals surface area contributed by atoms with E-state index in [2.05, 4.69) is 23.5 Å². The molecule has 6 nitrogen and oxygen atoms in total. The number of benzene rings is 2. The highest BCUT2D eigenvalue weighted by Gasteiger charge is 2.36. The van der Waals surface area contributed by atoms with Crippen molar-refractivity contribution >= 4 is 17.4 Å². The van der Waals surface area contributed by atoms with Crippen LogP contribution >= 0.6 is 11.6 Å². The zero-order valence-corrected chi connectivity index (χ0v) is 17.7. The monoisotopic (exact) mass is 433 g/mol. The van der Waals surface area contributed by atoms with Gasteiger partial charge in [-0.1, -0.05) is 41.9 Å². The van der Waals surface area contributed by atoms with E-state index in [-0.39, 0.29) is 6.42 Å². The molecule has 0 spiro atoms. The fourth-order valence-corrected chi connectivity index (χ4v) is 4.18.